The number of hydrogen-bond acceptors (Lipinski definition) is 8. The monoisotopic (exact) mass is 431 g/mol. The Balaban J connectivity index is 1.81. The average Bonchev–Trinajstić information content (AvgIpc) is 3.25. The molecule has 10 heteroatoms. The lowest BCUT2D eigenvalue weighted by Crippen LogP contribution is -2.26. The first-order valence-electron chi connectivity index (χ1n) is 10.6. The summed E-state index contributed by atoms with van der Waals surface area (Å²) in [5.41, 5.74) is 0.502. The summed E-state index contributed by atoms with van der Waals surface area (Å²) >= 11 is 0. The van der Waals surface area contributed by atoms with Crippen LogP contribution in [0.15, 0.2) is 12.1 Å². The largest absolute Gasteiger partial charge is 0.493 e. The van der Waals surface area contributed by atoms with Crippen LogP contribution in [0.1, 0.15) is 61.6 Å². The number of aromatic nitrogens is 4. The summed E-state index contributed by atoms with van der Waals surface area (Å²) in [5.74, 6) is 0.428. The molecule has 168 valence electrons. The van der Waals surface area contributed by atoms with Gasteiger partial charge in [-0.2, -0.15) is 0 Å². The van der Waals surface area contributed by atoms with Crippen molar-refractivity contribution in [3.63, 3.8) is 0 Å². The molecule has 10 nitrogen and oxygen atoms in total. The molecule has 3 rings (SSSR count). The normalized spacial score (nSPS) is 14.2. The van der Waals surface area contributed by atoms with E-state index in [9.17, 15) is 9.59 Å². The van der Waals surface area contributed by atoms with Gasteiger partial charge in [-0.25, -0.2) is 9.48 Å². The average molecular weight is 431 g/mol. The number of nitrogens with one attached hydrogen (secondary N) is 1. The number of nitrogens with zero attached hydrogens (tertiary/aromatic N) is 4. The lowest BCUT2D eigenvalue weighted by Gasteiger charge is -2.22. The quantitative estimate of drug-likeness (QED) is 0.602. The Hall–Kier alpha value is -3.17. The highest BCUT2D eigenvalue weighted by Gasteiger charge is 2.25. The van der Waals surface area contributed by atoms with Crippen molar-refractivity contribution < 1.29 is 23.8 Å². The second kappa shape index (κ2) is 10.7. The van der Waals surface area contributed by atoms with Gasteiger partial charge in [-0.3, -0.25) is 4.79 Å². The number of aryl methyl sites for hydroxylation is 1. The Kier molecular flexibility index (Phi) is 7.80. The summed E-state index contributed by atoms with van der Waals surface area (Å²) in [4.78, 5) is 25.7. The van der Waals surface area contributed by atoms with Gasteiger partial charge in [0.15, 0.2) is 23.9 Å². The molecule has 0 radical (unpaired) electrons. The zero-order valence-electron chi connectivity index (χ0n) is 18.2. The van der Waals surface area contributed by atoms with Crippen molar-refractivity contribution in [1.29, 1.82) is 0 Å². The molecule has 1 amide bonds. The third-order valence-electron chi connectivity index (χ3n) is 5.35. The number of tetrazole rings is 1. The molecular weight excluding hydrogens is 402 g/mol. The number of methoxy groups -OCH3 is 2. The summed E-state index contributed by atoms with van der Waals surface area (Å²) in [6.07, 6.45) is 5.75. The van der Waals surface area contributed by atoms with Gasteiger partial charge in [0.1, 0.15) is 0 Å². The molecule has 0 saturated heterocycles. The van der Waals surface area contributed by atoms with Crippen molar-refractivity contribution in [2.45, 2.75) is 58.6 Å². The number of benzene rings is 1. The molecule has 1 aliphatic carbocycles. The first-order chi connectivity index (χ1) is 15.1. The number of carbonyl (C=O) groups is 2. The second-order valence-electron chi connectivity index (χ2n) is 7.47. The third kappa shape index (κ3) is 5.50. The van der Waals surface area contributed by atoms with Crippen molar-refractivity contribution in [3.8, 4) is 11.5 Å². The molecule has 31 heavy (non-hydrogen) atoms. The standard InChI is InChI=1S/C21H29N5O5/c1-4-10-26-19(23-24-25-26)13-31-21(28)15-11-17(29-2)18(30-3)12-16(15)22-20(27)14-8-6-5-7-9-14/h11-12,14H,4-10,13H2,1-3H3,(H,22,27). The minimum atomic E-state index is -0.619. The van der Waals surface area contributed by atoms with Crippen LogP contribution in [0.2, 0.25) is 0 Å². The van der Waals surface area contributed by atoms with Crippen LogP contribution in [0.25, 0.3) is 0 Å². The SMILES string of the molecule is CCCn1nnnc1COC(=O)c1cc(OC)c(OC)cc1NC(=O)C1CCCCC1. The molecule has 0 aliphatic heterocycles. The van der Waals surface area contributed by atoms with E-state index in [4.69, 9.17) is 14.2 Å². The molecule has 1 heterocycles. The predicted octanol–water partition coefficient (Wildman–Crippen LogP) is 2.98. The molecule has 0 spiro atoms. The van der Waals surface area contributed by atoms with E-state index >= 15 is 0 Å². The Morgan fingerprint density at radius 1 is 1.13 bits per heavy atom. The van der Waals surface area contributed by atoms with E-state index in [0.717, 1.165) is 38.5 Å². The van der Waals surface area contributed by atoms with Crippen LogP contribution in [-0.4, -0.2) is 46.3 Å². The molecule has 1 N–H and O–H groups in total. The van der Waals surface area contributed by atoms with Crippen molar-refractivity contribution in [2.75, 3.05) is 19.5 Å². The molecule has 2 aromatic rings. The molecule has 0 bridgehead atoms. The first kappa shape index (κ1) is 22.5. The number of amides is 1. The smallest absolute Gasteiger partial charge is 0.340 e. The van der Waals surface area contributed by atoms with Gasteiger partial charge >= 0.3 is 5.97 Å². The van der Waals surface area contributed by atoms with Crippen molar-refractivity contribution in [1.82, 2.24) is 20.2 Å². The van der Waals surface area contributed by atoms with Crippen LogP contribution in [0, 0.1) is 5.92 Å². The van der Waals surface area contributed by atoms with Gasteiger partial charge in [0, 0.05) is 24.6 Å². The van der Waals surface area contributed by atoms with Crippen LogP contribution in [0.5, 0.6) is 11.5 Å². The fourth-order valence-electron chi connectivity index (χ4n) is 3.67. The third-order valence-corrected chi connectivity index (χ3v) is 5.35. The molecule has 1 aliphatic rings. The summed E-state index contributed by atoms with van der Waals surface area (Å²) in [5, 5.41) is 14.3. The summed E-state index contributed by atoms with van der Waals surface area (Å²) < 4.78 is 17.7. The van der Waals surface area contributed by atoms with E-state index < -0.39 is 5.97 Å². The highest BCUT2D eigenvalue weighted by Crippen LogP contribution is 2.35. The van der Waals surface area contributed by atoms with Gasteiger partial charge in [-0.1, -0.05) is 26.2 Å². The topological polar surface area (TPSA) is 117 Å². The van der Waals surface area contributed by atoms with Gasteiger partial charge in [0.05, 0.1) is 25.5 Å². The van der Waals surface area contributed by atoms with Gasteiger partial charge in [0.25, 0.3) is 0 Å². The van der Waals surface area contributed by atoms with Crippen LogP contribution in [0.3, 0.4) is 0 Å². The number of ether oxygens (including phenoxy) is 3. The van der Waals surface area contributed by atoms with Gasteiger partial charge in [-0.05, 0) is 29.7 Å². The van der Waals surface area contributed by atoms with Crippen LogP contribution >= 0.6 is 0 Å². The van der Waals surface area contributed by atoms with Crippen molar-refractivity contribution in [2.24, 2.45) is 5.92 Å². The maximum Gasteiger partial charge on any atom is 0.340 e. The van der Waals surface area contributed by atoms with Gasteiger partial charge in [-0.15, -0.1) is 5.10 Å². The number of anilines is 1. The van der Waals surface area contributed by atoms with E-state index in [1.54, 1.807) is 10.7 Å². The molecule has 1 aromatic carbocycles. The molecule has 1 fully saturated rings. The molecule has 1 aromatic heterocycles. The van der Waals surface area contributed by atoms with E-state index in [0.29, 0.717) is 29.6 Å². The van der Waals surface area contributed by atoms with Crippen molar-refractivity contribution in [3.05, 3.63) is 23.5 Å². The zero-order chi connectivity index (χ0) is 22.2. The fraction of sp³-hybridized carbons (Fsp3) is 0.571. The minimum absolute atomic E-state index is 0.0654. The summed E-state index contributed by atoms with van der Waals surface area (Å²) in [6.45, 7) is 2.54. The van der Waals surface area contributed by atoms with E-state index in [2.05, 4.69) is 20.8 Å². The van der Waals surface area contributed by atoms with Crippen LogP contribution in [-0.2, 0) is 22.7 Å². The summed E-state index contributed by atoms with van der Waals surface area (Å²) in [6, 6.07) is 3.09. The Morgan fingerprint density at radius 2 is 1.84 bits per heavy atom. The number of carbonyl (C=O) groups excluding carboxylic acids is 2. The van der Waals surface area contributed by atoms with Crippen molar-refractivity contribution >= 4 is 17.6 Å². The second-order valence-corrected chi connectivity index (χ2v) is 7.47. The minimum Gasteiger partial charge on any atom is -0.493 e. The molecule has 0 unspecified atom stereocenters. The highest BCUT2D eigenvalue weighted by molar-refractivity contribution is 6.02. The lowest BCUT2D eigenvalue weighted by molar-refractivity contribution is -0.120. The first-order valence-corrected chi connectivity index (χ1v) is 10.6. The number of esters is 1. The molecular formula is C21H29N5O5. The lowest BCUT2D eigenvalue weighted by atomic mass is 9.88. The summed E-state index contributed by atoms with van der Waals surface area (Å²) in [7, 11) is 2.97. The predicted molar refractivity (Wildman–Crippen MR) is 112 cm³/mol. The Morgan fingerprint density at radius 3 is 2.52 bits per heavy atom. The number of hydrogen-bond donors (Lipinski definition) is 1. The maximum absolute atomic E-state index is 12.9. The van der Waals surface area contributed by atoms with Gasteiger partial charge < -0.3 is 19.5 Å². The van der Waals surface area contributed by atoms with E-state index in [-0.39, 0.29) is 24.0 Å². The Labute approximate surface area is 181 Å². The zero-order valence-corrected chi connectivity index (χ0v) is 18.2. The Bertz CT molecular complexity index is 908. The van der Waals surface area contributed by atoms with Crippen LogP contribution in [0.4, 0.5) is 5.69 Å². The number of rotatable bonds is 9. The molecule has 0 atom stereocenters. The van der Waals surface area contributed by atoms with Gasteiger partial charge in [0.2, 0.25) is 5.91 Å². The molecule has 1 saturated carbocycles. The van der Waals surface area contributed by atoms with Crippen LogP contribution < -0.4 is 14.8 Å². The van der Waals surface area contributed by atoms with E-state index in [1.165, 1.54) is 20.3 Å². The van der Waals surface area contributed by atoms with E-state index in [1.807, 2.05) is 6.92 Å². The maximum atomic E-state index is 12.9. The highest BCUT2D eigenvalue weighted by atomic mass is 16.5. The fourth-order valence-corrected chi connectivity index (χ4v) is 3.67.